The van der Waals surface area contributed by atoms with Crippen molar-refractivity contribution in [3.05, 3.63) is 42.3 Å². The molecule has 1 saturated heterocycles. The van der Waals surface area contributed by atoms with Gasteiger partial charge in [0, 0.05) is 25.7 Å². The van der Waals surface area contributed by atoms with Crippen molar-refractivity contribution in [3.63, 3.8) is 0 Å². The standard InChI is InChI=1S/C20H26N4O.HI/c1-21-19(24-12-11-20(15-24)9-5-6-10-20)22-13-17-14-25-18(23-17)16-7-3-2-4-8-16;/h2-4,7-8,14H,5-6,9-13,15H2,1H3,(H,21,22);1H. The highest BCUT2D eigenvalue weighted by Crippen LogP contribution is 2.45. The fourth-order valence-electron chi connectivity index (χ4n) is 4.25. The maximum Gasteiger partial charge on any atom is 0.226 e. The number of halogens is 1. The molecule has 2 aromatic rings. The van der Waals surface area contributed by atoms with Crippen LogP contribution in [0.1, 0.15) is 37.8 Å². The maximum atomic E-state index is 5.61. The van der Waals surface area contributed by atoms with Gasteiger partial charge < -0.3 is 14.6 Å². The summed E-state index contributed by atoms with van der Waals surface area (Å²) in [5.74, 6) is 1.64. The van der Waals surface area contributed by atoms with Crippen LogP contribution in [0.5, 0.6) is 0 Å². The molecule has 1 aromatic heterocycles. The van der Waals surface area contributed by atoms with Crippen molar-refractivity contribution in [3.8, 4) is 11.5 Å². The van der Waals surface area contributed by atoms with Crippen molar-refractivity contribution in [1.29, 1.82) is 0 Å². The zero-order chi connectivity index (χ0) is 17.1. The Morgan fingerprint density at radius 3 is 2.73 bits per heavy atom. The van der Waals surface area contributed by atoms with E-state index in [-0.39, 0.29) is 24.0 Å². The number of nitrogens with one attached hydrogen (secondary N) is 1. The summed E-state index contributed by atoms with van der Waals surface area (Å²) in [5, 5.41) is 3.45. The van der Waals surface area contributed by atoms with Crippen molar-refractivity contribution in [2.24, 2.45) is 10.4 Å². The molecule has 2 heterocycles. The summed E-state index contributed by atoms with van der Waals surface area (Å²) in [5.41, 5.74) is 2.45. The summed E-state index contributed by atoms with van der Waals surface area (Å²) in [7, 11) is 1.86. The van der Waals surface area contributed by atoms with E-state index in [4.69, 9.17) is 4.42 Å². The SMILES string of the molecule is CN=C(NCc1coc(-c2ccccc2)n1)N1CCC2(CCCC2)C1.I. The lowest BCUT2D eigenvalue weighted by Crippen LogP contribution is -2.40. The third kappa shape index (κ3) is 4.05. The zero-order valence-corrected chi connectivity index (χ0v) is 17.6. The van der Waals surface area contributed by atoms with Crippen LogP contribution in [0.25, 0.3) is 11.5 Å². The number of aliphatic imine (C=N–C) groups is 1. The quantitative estimate of drug-likeness (QED) is 0.417. The van der Waals surface area contributed by atoms with E-state index in [2.05, 4.69) is 20.2 Å². The van der Waals surface area contributed by atoms with Gasteiger partial charge >= 0.3 is 0 Å². The van der Waals surface area contributed by atoms with Gasteiger partial charge in [-0.2, -0.15) is 0 Å². The summed E-state index contributed by atoms with van der Waals surface area (Å²) in [6, 6.07) is 9.99. The topological polar surface area (TPSA) is 53.7 Å². The first kappa shape index (κ1) is 19.2. The van der Waals surface area contributed by atoms with Gasteiger partial charge in [-0.15, -0.1) is 24.0 Å². The monoisotopic (exact) mass is 466 g/mol. The minimum absolute atomic E-state index is 0. The van der Waals surface area contributed by atoms with Crippen LogP contribution in [0.2, 0.25) is 0 Å². The molecule has 2 fully saturated rings. The summed E-state index contributed by atoms with van der Waals surface area (Å²) in [4.78, 5) is 11.5. The van der Waals surface area contributed by atoms with Crippen LogP contribution < -0.4 is 5.32 Å². The number of oxazole rings is 1. The van der Waals surface area contributed by atoms with Crippen LogP contribution in [0.3, 0.4) is 0 Å². The Labute approximate surface area is 172 Å². The fourth-order valence-corrected chi connectivity index (χ4v) is 4.25. The second kappa shape index (κ2) is 8.41. The van der Waals surface area contributed by atoms with Crippen molar-refractivity contribution in [1.82, 2.24) is 15.2 Å². The number of hydrogen-bond acceptors (Lipinski definition) is 3. The van der Waals surface area contributed by atoms with Crippen LogP contribution in [0.15, 0.2) is 46.0 Å². The molecule has 1 spiro atoms. The molecule has 2 aliphatic rings. The molecule has 5 nitrogen and oxygen atoms in total. The number of hydrogen-bond donors (Lipinski definition) is 1. The number of aromatic nitrogens is 1. The maximum absolute atomic E-state index is 5.61. The van der Waals surface area contributed by atoms with Gasteiger partial charge in [0.15, 0.2) is 5.96 Å². The molecule has 140 valence electrons. The average Bonchev–Trinajstić information content (AvgIpc) is 3.39. The molecule has 1 aromatic carbocycles. The minimum Gasteiger partial charge on any atom is -0.444 e. The number of nitrogens with zero attached hydrogens (tertiary/aromatic N) is 3. The van der Waals surface area contributed by atoms with Gasteiger partial charge in [-0.25, -0.2) is 4.98 Å². The Kier molecular flexibility index (Phi) is 6.21. The average molecular weight is 466 g/mol. The van der Waals surface area contributed by atoms with E-state index in [1.807, 2.05) is 37.4 Å². The van der Waals surface area contributed by atoms with Gasteiger partial charge in [0.05, 0.1) is 12.2 Å². The minimum atomic E-state index is 0. The summed E-state index contributed by atoms with van der Waals surface area (Å²) < 4.78 is 5.61. The van der Waals surface area contributed by atoms with E-state index in [0.29, 0.717) is 17.9 Å². The molecule has 0 amide bonds. The van der Waals surface area contributed by atoms with Crippen LogP contribution >= 0.6 is 24.0 Å². The Balaban J connectivity index is 0.00000196. The van der Waals surface area contributed by atoms with Gasteiger partial charge in [-0.3, -0.25) is 4.99 Å². The first-order valence-electron chi connectivity index (χ1n) is 9.23. The molecule has 1 saturated carbocycles. The molecular formula is C20H27IN4O. The molecule has 4 rings (SSSR count). The van der Waals surface area contributed by atoms with Gasteiger partial charge in [0.2, 0.25) is 5.89 Å². The Hall–Kier alpha value is -1.57. The number of guanidine groups is 1. The normalized spacial score (nSPS) is 19.0. The molecule has 26 heavy (non-hydrogen) atoms. The Bertz CT molecular complexity index is 737. The van der Waals surface area contributed by atoms with Crippen molar-refractivity contribution in [2.45, 2.75) is 38.6 Å². The zero-order valence-electron chi connectivity index (χ0n) is 15.3. The Morgan fingerprint density at radius 2 is 2.00 bits per heavy atom. The molecule has 6 heteroatoms. The van der Waals surface area contributed by atoms with Crippen LogP contribution in [0, 0.1) is 5.41 Å². The second-order valence-corrected chi connectivity index (χ2v) is 7.29. The van der Waals surface area contributed by atoms with E-state index in [0.717, 1.165) is 30.3 Å². The molecule has 1 aliphatic carbocycles. The Morgan fingerprint density at radius 1 is 1.23 bits per heavy atom. The predicted molar refractivity (Wildman–Crippen MR) is 115 cm³/mol. The van der Waals surface area contributed by atoms with Gasteiger partial charge in [0.25, 0.3) is 0 Å². The highest BCUT2D eigenvalue weighted by molar-refractivity contribution is 14.0. The number of rotatable bonds is 3. The van der Waals surface area contributed by atoms with Gasteiger partial charge in [-0.05, 0) is 36.8 Å². The van der Waals surface area contributed by atoms with E-state index < -0.39 is 0 Å². The summed E-state index contributed by atoms with van der Waals surface area (Å²) >= 11 is 0. The molecule has 0 bridgehead atoms. The first-order chi connectivity index (χ1) is 12.3. The summed E-state index contributed by atoms with van der Waals surface area (Å²) in [6.45, 7) is 2.88. The van der Waals surface area contributed by atoms with E-state index >= 15 is 0 Å². The first-order valence-corrected chi connectivity index (χ1v) is 9.23. The molecule has 0 unspecified atom stereocenters. The lowest BCUT2D eigenvalue weighted by molar-refractivity contribution is 0.309. The van der Waals surface area contributed by atoms with Crippen LogP contribution in [0.4, 0.5) is 0 Å². The second-order valence-electron chi connectivity index (χ2n) is 7.29. The largest absolute Gasteiger partial charge is 0.444 e. The molecule has 1 N–H and O–H groups in total. The predicted octanol–water partition coefficient (Wildman–Crippen LogP) is 4.30. The van der Waals surface area contributed by atoms with E-state index in [1.54, 1.807) is 6.26 Å². The van der Waals surface area contributed by atoms with E-state index in [1.165, 1.54) is 32.1 Å². The fraction of sp³-hybridized carbons (Fsp3) is 0.500. The third-order valence-corrected chi connectivity index (χ3v) is 5.61. The molecule has 1 aliphatic heterocycles. The molecule has 0 radical (unpaired) electrons. The van der Waals surface area contributed by atoms with Gasteiger partial charge in [-0.1, -0.05) is 31.0 Å². The van der Waals surface area contributed by atoms with Crippen molar-refractivity contribution < 1.29 is 4.42 Å². The lowest BCUT2D eigenvalue weighted by Gasteiger charge is -2.25. The van der Waals surface area contributed by atoms with Gasteiger partial charge in [0.1, 0.15) is 6.26 Å². The highest BCUT2D eigenvalue weighted by atomic mass is 127. The molecular weight excluding hydrogens is 439 g/mol. The summed E-state index contributed by atoms with van der Waals surface area (Å²) in [6.07, 6.45) is 8.57. The number of likely N-dealkylation sites (tertiary alicyclic amines) is 1. The van der Waals surface area contributed by atoms with E-state index in [9.17, 15) is 0 Å². The smallest absolute Gasteiger partial charge is 0.226 e. The third-order valence-electron chi connectivity index (χ3n) is 5.61. The van der Waals surface area contributed by atoms with Crippen molar-refractivity contribution in [2.75, 3.05) is 20.1 Å². The highest BCUT2D eigenvalue weighted by Gasteiger charge is 2.41. The van der Waals surface area contributed by atoms with Crippen molar-refractivity contribution >= 4 is 29.9 Å². The van der Waals surface area contributed by atoms with Crippen LogP contribution in [-0.4, -0.2) is 36.0 Å². The van der Waals surface area contributed by atoms with Crippen LogP contribution in [-0.2, 0) is 6.54 Å². The molecule has 0 atom stereocenters. The lowest BCUT2D eigenvalue weighted by atomic mass is 9.86. The number of benzene rings is 1.